The topological polar surface area (TPSA) is 114 Å². The standard InChI is InChI=1S/C39H48O9/c1-4-6-8-9-10-11-12-14-27-44-33-21-15-31(16-22-33)38(42)47-35-25-19-32(20-26-35)39(43)48-34-23-17-30(18-24-34)37(41)46-29(3)36(40)45-28-13-7-5-2/h15-26,29H,4-14,27-28H2,1-3H3/t29-/m1/s1. The van der Waals surface area contributed by atoms with Gasteiger partial charge in [-0.15, -0.1) is 0 Å². The van der Waals surface area contributed by atoms with Gasteiger partial charge in [0, 0.05) is 0 Å². The summed E-state index contributed by atoms with van der Waals surface area (Å²) in [5.41, 5.74) is 0.803. The number of hydrogen-bond acceptors (Lipinski definition) is 9. The van der Waals surface area contributed by atoms with Crippen molar-refractivity contribution in [2.75, 3.05) is 13.2 Å². The maximum atomic E-state index is 12.7. The van der Waals surface area contributed by atoms with Crippen molar-refractivity contribution in [2.45, 2.75) is 97.5 Å². The van der Waals surface area contributed by atoms with Crippen molar-refractivity contribution in [3.8, 4) is 17.2 Å². The second-order valence-corrected chi connectivity index (χ2v) is 11.6. The van der Waals surface area contributed by atoms with Crippen LogP contribution in [0, 0.1) is 0 Å². The summed E-state index contributed by atoms with van der Waals surface area (Å²) in [6.07, 6.45) is 11.5. The van der Waals surface area contributed by atoms with Gasteiger partial charge in [-0.25, -0.2) is 19.2 Å². The molecule has 3 aromatic rings. The molecule has 258 valence electrons. The monoisotopic (exact) mass is 660 g/mol. The lowest BCUT2D eigenvalue weighted by Gasteiger charge is -2.13. The van der Waals surface area contributed by atoms with Gasteiger partial charge in [0.05, 0.1) is 29.9 Å². The van der Waals surface area contributed by atoms with Gasteiger partial charge < -0.3 is 23.7 Å². The minimum atomic E-state index is -1.05. The number of rotatable bonds is 21. The van der Waals surface area contributed by atoms with E-state index < -0.39 is 30.0 Å². The van der Waals surface area contributed by atoms with Crippen molar-refractivity contribution >= 4 is 23.9 Å². The first-order valence-corrected chi connectivity index (χ1v) is 17.1. The predicted octanol–water partition coefficient (Wildman–Crippen LogP) is 8.92. The molecule has 9 heteroatoms. The van der Waals surface area contributed by atoms with E-state index in [1.165, 1.54) is 94.0 Å². The van der Waals surface area contributed by atoms with E-state index in [-0.39, 0.29) is 29.2 Å². The summed E-state index contributed by atoms with van der Waals surface area (Å²) in [4.78, 5) is 49.7. The van der Waals surface area contributed by atoms with Gasteiger partial charge in [0.2, 0.25) is 0 Å². The predicted molar refractivity (Wildman–Crippen MR) is 183 cm³/mol. The van der Waals surface area contributed by atoms with Crippen molar-refractivity contribution in [2.24, 2.45) is 0 Å². The number of esters is 4. The normalized spacial score (nSPS) is 11.3. The van der Waals surface area contributed by atoms with Gasteiger partial charge in [0.1, 0.15) is 17.2 Å². The van der Waals surface area contributed by atoms with Crippen molar-refractivity contribution in [3.63, 3.8) is 0 Å². The van der Waals surface area contributed by atoms with Gasteiger partial charge >= 0.3 is 23.9 Å². The second kappa shape index (κ2) is 21.3. The Morgan fingerprint density at radius 3 is 1.40 bits per heavy atom. The van der Waals surface area contributed by atoms with Gasteiger partial charge in [-0.1, -0.05) is 71.6 Å². The fourth-order valence-corrected chi connectivity index (χ4v) is 4.68. The summed E-state index contributed by atoms with van der Waals surface area (Å²) >= 11 is 0. The molecule has 0 N–H and O–H groups in total. The van der Waals surface area contributed by atoms with Crippen molar-refractivity contribution in [3.05, 3.63) is 89.5 Å². The first kappa shape index (κ1) is 37.8. The van der Waals surface area contributed by atoms with E-state index in [4.69, 9.17) is 23.7 Å². The number of benzene rings is 3. The van der Waals surface area contributed by atoms with Gasteiger partial charge in [0.25, 0.3) is 0 Å². The lowest BCUT2D eigenvalue weighted by atomic mass is 10.1. The molecule has 0 spiro atoms. The van der Waals surface area contributed by atoms with Gasteiger partial charge in [-0.05, 0) is 92.6 Å². The Hall–Kier alpha value is -4.66. The molecule has 0 unspecified atom stereocenters. The summed E-state index contributed by atoms with van der Waals surface area (Å²) in [6.45, 7) is 6.65. The summed E-state index contributed by atoms with van der Waals surface area (Å²) in [7, 11) is 0. The second-order valence-electron chi connectivity index (χ2n) is 11.6. The molecule has 0 saturated heterocycles. The number of hydrogen-bond donors (Lipinski definition) is 0. The molecular formula is C39H48O9. The average Bonchev–Trinajstić information content (AvgIpc) is 3.10. The maximum absolute atomic E-state index is 12.7. The van der Waals surface area contributed by atoms with E-state index in [1.807, 2.05) is 6.92 Å². The van der Waals surface area contributed by atoms with Crippen LogP contribution < -0.4 is 14.2 Å². The minimum absolute atomic E-state index is 0.188. The molecule has 0 heterocycles. The number of unbranched alkanes of at least 4 members (excludes halogenated alkanes) is 9. The number of ether oxygens (including phenoxy) is 5. The maximum Gasteiger partial charge on any atom is 0.347 e. The van der Waals surface area contributed by atoms with Crippen LogP contribution in [0.5, 0.6) is 17.2 Å². The lowest BCUT2D eigenvalue weighted by Crippen LogP contribution is -2.26. The highest BCUT2D eigenvalue weighted by Gasteiger charge is 2.20. The molecule has 48 heavy (non-hydrogen) atoms. The van der Waals surface area contributed by atoms with Crippen LogP contribution in [0.25, 0.3) is 0 Å². The van der Waals surface area contributed by atoms with Gasteiger partial charge in [-0.3, -0.25) is 0 Å². The molecule has 1 atom stereocenters. The highest BCUT2D eigenvalue weighted by atomic mass is 16.6. The molecule has 0 fully saturated rings. The van der Waals surface area contributed by atoms with E-state index in [2.05, 4.69) is 6.92 Å². The van der Waals surface area contributed by atoms with Crippen LogP contribution in [0.2, 0.25) is 0 Å². The van der Waals surface area contributed by atoms with Crippen LogP contribution in [0.1, 0.15) is 122 Å². The zero-order chi connectivity index (χ0) is 34.6. The highest BCUT2D eigenvalue weighted by Crippen LogP contribution is 2.20. The highest BCUT2D eigenvalue weighted by molar-refractivity contribution is 5.93. The van der Waals surface area contributed by atoms with Crippen molar-refractivity contribution in [1.29, 1.82) is 0 Å². The molecule has 0 aliphatic heterocycles. The molecule has 3 aromatic carbocycles. The largest absolute Gasteiger partial charge is 0.494 e. The van der Waals surface area contributed by atoms with E-state index in [1.54, 1.807) is 24.3 Å². The van der Waals surface area contributed by atoms with Gasteiger partial charge in [-0.2, -0.15) is 0 Å². The smallest absolute Gasteiger partial charge is 0.347 e. The fourth-order valence-electron chi connectivity index (χ4n) is 4.68. The zero-order valence-corrected chi connectivity index (χ0v) is 28.4. The van der Waals surface area contributed by atoms with Crippen LogP contribution in [-0.4, -0.2) is 43.2 Å². The Bertz CT molecular complexity index is 1410. The molecular weight excluding hydrogens is 612 g/mol. The molecule has 0 aliphatic rings. The van der Waals surface area contributed by atoms with E-state index in [9.17, 15) is 19.2 Å². The summed E-state index contributed by atoms with van der Waals surface area (Å²) in [5, 5.41) is 0. The Morgan fingerprint density at radius 1 is 0.500 bits per heavy atom. The van der Waals surface area contributed by atoms with Crippen molar-refractivity contribution < 1.29 is 42.9 Å². The molecule has 0 radical (unpaired) electrons. The van der Waals surface area contributed by atoms with E-state index in [0.717, 1.165) is 32.1 Å². The van der Waals surface area contributed by atoms with Crippen LogP contribution in [0.4, 0.5) is 0 Å². The quantitative estimate of drug-likeness (QED) is 0.0627. The first-order valence-electron chi connectivity index (χ1n) is 17.1. The molecule has 0 bridgehead atoms. The molecule has 0 amide bonds. The third-order valence-corrected chi connectivity index (χ3v) is 7.57. The van der Waals surface area contributed by atoms with Crippen molar-refractivity contribution in [1.82, 2.24) is 0 Å². The Kier molecular flexibility index (Phi) is 16.7. The van der Waals surface area contributed by atoms with Crippen LogP contribution in [0.3, 0.4) is 0 Å². The first-order chi connectivity index (χ1) is 23.3. The Labute approximate surface area is 283 Å². The zero-order valence-electron chi connectivity index (χ0n) is 28.4. The van der Waals surface area contributed by atoms with Crippen LogP contribution >= 0.6 is 0 Å². The Balaban J connectivity index is 1.39. The third-order valence-electron chi connectivity index (χ3n) is 7.57. The number of carbonyl (C=O) groups is 4. The average molecular weight is 661 g/mol. The molecule has 0 saturated carbocycles. The fraction of sp³-hybridized carbons (Fsp3) is 0.436. The summed E-state index contributed by atoms with van der Waals surface area (Å²) in [5.74, 6) is -1.28. The third kappa shape index (κ3) is 13.6. The van der Waals surface area contributed by atoms with E-state index in [0.29, 0.717) is 17.9 Å². The van der Waals surface area contributed by atoms with Crippen LogP contribution in [0.15, 0.2) is 72.8 Å². The van der Waals surface area contributed by atoms with Crippen LogP contribution in [-0.2, 0) is 14.3 Å². The summed E-state index contributed by atoms with van der Waals surface area (Å²) in [6, 6.07) is 18.6. The van der Waals surface area contributed by atoms with E-state index >= 15 is 0 Å². The SMILES string of the molecule is CCCCCCCCCCOc1ccc(C(=O)Oc2ccc(C(=O)Oc3ccc(C(=O)O[C@H](C)C(=O)OCCCCC)cc3)cc2)cc1. The minimum Gasteiger partial charge on any atom is -0.494 e. The molecule has 9 nitrogen and oxygen atoms in total. The molecule has 3 rings (SSSR count). The van der Waals surface area contributed by atoms with Gasteiger partial charge in [0.15, 0.2) is 6.10 Å². The molecule has 0 aliphatic carbocycles. The lowest BCUT2D eigenvalue weighted by molar-refractivity contribution is -0.153. The summed E-state index contributed by atoms with van der Waals surface area (Å²) < 4.78 is 27.0. The molecule has 0 aromatic heterocycles. The number of carbonyl (C=O) groups excluding carboxylic acids is 4. The Morgan fingerprint density at radius 2 is 0.896 bits per heavy atom.